The lowest BCUT2D eigenvalue weighted by Crippen LogP contribution is -2.15. The minimum atomic E-state index is -0.849. The Morgan fingerprint density at radius 1 is 1.45 bits per heavy atom. The van der Waals surface area contributed by atoms with Crippen molar-refractivity contribution >= 4 is 34.0 Å². The summed E-state index contributed by atoms with van der Waals surface area (Å²) in [4.78, 5) is 16.1. The molecule has 0 radical (unpaired) electrons. The Morgan fingerprint density at radius 3 is 2.75 bits per heavy atom. The highest BCUT2D eigenvalue weighted by molar-refractivity contribution is 7.13. The number of nitrogens with zero attached hydrogens (tertiary/aromatic N) is 1. The van der Waals surface area contributed by atoms with Crippen molar-refractivity contribution in [2.45, 2.75) is 25.9 Å². The molecule has 2 rings (SSSR count). The van der Waals surface area contributed by atoms with Crippen molar-refractivity contribution in [3.8, 4) is 0 Å². The topological polar surface area (TPSA) is 62.2 Å². The molecule has 20 heavy (non-hydrogen) atoms. The second-order valence-electron chi connectivity index (χ2n) is 4.32. The molecule has 1 unspecified atom stereocenters. The summed E-state index contributed by atoms with van der Waals surface area (Å²) in [5, 5.41) is 15.8. The van der Waals surface area contributed by atoms with Gasteiger partial charge in [-0.2, -0.15) is 0 Å². The molecule has 1 heterocycles. The van der Waals surface area contributed by atoms with Gasteiger partial charge in [0.25, 0.3) is 0 Å². The van der Waals surface area contributed by atoms with E-state index in [0.29, 0.717) is 15.7 Å². The molecule has 6 heteroatoms. The van der Waals surface area contributed by atoms with Crippen LogP contribution in [0.5, 0.6) is 0 Å². The van der Waals surface area contributed by atoms with Crippen LogP contribution in [0.25, 0.3) is 0 Å². The molecule has 2 aromatic rings. The minimum absolute atomic E-state index is 0.0112. The number of aliphatic hydroxyl groups is 1. The largest absolute Gasteiger partial charge is 0.388 e. The molecule has 0 saturated carbocycles. The summed E-state index contributed by atoms with van der Waals surface area (Å²) in [6.07, 6.45) is -0.0273. The van der Waals surface area contributed by atoms with E-state index in [1.165, 1.54) is 11.3 Å². The number of halogens is 1. The Labute approximate surface area is 126 Å². The second-order valence-corrected chi connectivity index (χ2v) is 5.61. The van der Waals surface area contributed by atoms with Crippen LogP contribution in [-0.2, 0) is 11.2 Å². The fourth-order valence-electron chi connectivity index (χ4n) is 1.68. The monoisotopic (exact) mass is 310 g/mol. The first kappa shape index (κ1) is 15.0. The van der Waals surface area contributed by atoms with Crippen molar-refractivity contribution in [2.24, 2.45) is 0 Å². The predicted molar refractivity (Wildman–Crippen MR) is 81.2 cm³/mol. The molecule has 1 aromatic heterocycles. The van der Waals surface area contributed by atoms with E-state index in [2.05, 4.69) is 10.3 Å². The van der Waals surface area contributed by atoms with Gasteiger partial charge in [-0.3, -0.25) is 4.79 Å². The Kier molecular flexibility index (Phi) is 5.11. The van der Waals surface area contributed by atoms with E-state index in [0.717, 1.165) is 12.1 Å². The lowest BCUT2D eigenvalue weighted by Gasteiger charge is -2.10. The van der Waals surface area contributed by atoms with Gasteiger partial charge in [0.2, 0.25) is 5.91 Å². The number of hydrogen-bond acceptors (Lipinski definition) is 4. The maximum absolute atomic E-state index is 11.8. The predicted octanol–water partition coefficient (Wildman–Crippen LogP) is 3.42. The quantitative estimate of drug-likeness (QED) is 0.889. The fraction of sp³-hybridized carbons (Fsp3) is 0.286. The van der Waals surface area contributed by atoms with Gasteiger partial charge in [-0.05, 0) is 24.1 Å². The SMILES string of the molecule is CCc1csc(NC(=O)CC(O)c2ccc(Cl)cc2)n1. The number of nitrogens with one attached hydrogen (secondary N) is 1. The normalized spacial score (nSPS) is 12.2. The van der Waals surface area contributed by atoms with E-state index >= 15 is 0 Å². The number of rotatable bonds is 5. The number of anilines is 1. The summed E-state index contributed by atoms with van der Waals surface area (Å²) in [5.74, 6) is -0.260. The van der Waals surface area contributed by atoms with Crippen molar-refractivity contribution < 1.29 is 9.90 Å². The average molecular weight is 311 g/mol. The van der Waals surface area contributed by atoms with Gasteiger partial charge < -0.3 is 10.4 Å². The van der Waals surface area contributed by atoms with E-state index in [9.17, 15) is 9.90 Å². The van der Waals surface area contributed by atoms with E-state index in [1.54, 1.807) is 24.3 Å². The summed E-state index contributed by atoms with van der Waals surface area (Å²) in [7, 11) is 0. The second kappa shape index (κ2) is 6.83. The standard InChI is InChI=1S/C14H15ClN2O2S/c1-2-11-8-20-14(16-11)17-13(19)7-12(18)9-3-5-10(15)6-4-9/h3-6,8,12,18H,2,7H2,1H3,(H,16,17,19). The molecule has 4 nitrogen and oxygen atoms in total. The zero-order chi connectivity index (χ0) is 14.5. The fourth-order valence-corrected chi connectivity index (χ4v) is 2.61. The summed E-state index contributed by atoms with van der Waals surface area (Å²) in [6.45, 7) is 2.00. The highest BCUT2D eigenvalue weighted by Crippen LogP contribution is 2.21. The van der Waals surface area contributed by atoms with Crippen molar-refractivity contribution in [1.82, 2.24) is 4.98 Å². The Hall–Kier alpha value is -1.43. The maximum Gasteiger partial charge on any atom is 0.229 e. The summed E-state index contributed by atoms with van der Waals surface area (Å²) < 4.78 is 0. The third-order valence-electron chi connectivity index (χ3n) is 2.79. The van der Waals surface area contributed by atoms with Gasteiger partial charge in [0, 0.05) is 10.4 Å². The van der Waals surface area contributed by atoms with Crippen LogP contribution in [0.1, 0.15) is 30.7 Å². The van der Waals surface area contributed by atoms with Gasteiger partial charge in [-0.25, -0.2) is 4.98 Å². The van der Waals surface area contributed by atoms with E-state index in [1.807, 2.05) is 12.3 Å². The third kappa shape index (κ3) is 4.03. The summed E-state index contributed by atoms with van der Waals surface area (Å²) >= 11 is 7.16. The van der Waals surface area contributed by atoms with Crippen molar-refractivity contribution in [2.75, 3.05) is 5.32 Å². The first-order valence-corrected chi connectivity index (χ1v) is 7.52. The van der Waals surface area contributed by atoms with Gasteiger partial charge in [-0.15, -0.1) is 11.3 Å². The first-order chi connectivity index (χ1) is 9.58. The molecule has 2 N–H and O–H groups in total. The van der Waals surface area contributed by atoms with Gasteiger partial charge in [0.15, 0.2) is 5.13 Å². The lowest BCUT2D eigenvalue weighted by atomic mass is 10.1. The highest BCUT2D eigenvalue weighted by atomic mass is 35.5. The third-order valence-corrected chi connectivity index (χ3v) is 3.85. The molecule has 0 saturated heterocycles. The van der Waals surface area contributed by atoms with Crippen LogP contribution in [0.2, 0.25) is 5.02 Å². The van der Waals surface area contributed by atoms with Crippen LogP contribution in [-0.4, -0.2) is 16.0 Å². The van der Waals surface area contributed by atoms with E-state index < -0.39 is 6.10 Å². The smallest absolute Gasteiger partial charge is 0.229 e. The number of benzene rings is 1. The van der Waals surface area contributed by atoms with Gasteiger partial charge in [0.1, 0.15) is 0 Å². The molecule has 1 amide bonds. The molecule has 106 valence electrons. The van der Waals surface area contributed by atoms with Gasteiger partial charge in [-0.1, -0.05) is 30.7 Å². The van der Waals surface area contributed by atoms with Gasteiger partial charge in [0.05, 0.1) is 18.2 Å². The summed E-state index contributed by atoms with van der Waals surface area (Å²) in [6, 6.07) is 6.79. The molecule has 0 aliphatic heterocycles. The Morgan fingerprint density at radius 2 is 2.15 bits per heavy atom. The van der Waals surface area contributed by atoms with Crippen LogP contribution in [0.4, 0.5) is 5.13 Å². The zero-order valence-electron chi connectivity index (χ0n) is 11.0. The van der Waals surface area contributed by atoms with E-state index in [-0.39, 0.29) is 12.3 Å². The van der Waals surface area contributed by atoms with Crippen LogP contribution >= 0.6 is 22.9 Å². The number of carbonyl (C=O) groups excluding carboxylic acids is 1. The number of hydrogen-bond donors (Lipinski definition) is 2. The molecule has 0 aliphatic rings. The molecule has 1 atom stereocenters. The van der Waals surface area contributed by atoms with Crippen LogP contribution in [0, 0.1) is 0 Å². The molecule has 0 aliphatic carbocycles. The minimum Gasteiger partial charge on any atom is -0.388 e. The molecule has 0 fully saturated rings. The molecule has 0 bridgehead atoms. The lowest BCUT2D eigenvalue weighted by molar-refractivity contribution is -0.118. The highest BCUT2D eigenvalue weighted by Gasteiger charge is 2.14. The van der Waals surface area contributed by atoms with E-state index in [4.69, 9.17) is 11.6 Å². The number of carbonyl (C=O) groups is 1. The molecule has 0 spiro atoms. The number of aromatic nitrogens is 1. The van der Waals surface area contributed by atoms with Crippen LogP contribution in [0.15, 0.2) is 29.6 Å². The maximum atomic E-state index is 11.8. The zero-order valence-corrected chi connectivity index (χ0v) is 12.5. The molecular formula is C14H15ClN2O2S. The first-order valence-electron chi connectivity index (χ1n) is 6.26. The Balaban J connectivity index is 1.92. The number of aliphatic hydroxyl groups excluding tert-OH is 1. The Bertz CT molecular complexity index is 583. The summed E-state index contributed by atoms with van der Waals surface area (Å²) in [5.41, 5.74) is 1.61. The number of thiazole rings is 1. The molecular weight excluding hydrogens is 296 g/mol. The van der Waals surface area contributed by atoms with Gasteiger partial charge >= 0.3 is 0 Å². The van der Waals surface area contributed by atoms with Crippen LogP contribution in [0.3, 0.4) is 0 Å². The number of amides is 1. The van der Waals surface area contributed by atoms with Crippen molar-refractivity contribution in [1.29, 1.82) is 0 Å². The van der Waals surface area contributed by atoms with Crippen LogP contribution < -0.4 is 5.32 Å². The number of aryl methyl sites for hydroxylation is 1. The average Bonchev–Trinajstić information content (AvgIpc) is 2.86. The molecule has 1 aromatic carbocycles. The van der Waals surface area contributed by atoms with Crippen molar-refractivity contribution in [3.63, 3.8) is 0 Å². The van der Waals surface area contributed by atoms with Crippen molar-refractivity contribution in [3.05, 3.63) is 45.9 Å².